The molecule has 13 heavy (non-hydrogen) atoms. The maximum absolute atomic E-state index is 5.71. The first-order valence-electron chi connectivity index (χ1n) is 4.87. The molecule has 0 saturated heterocycles. The monoisotopic (exact) mass is 168 g/mol. The third-order valence-electron chi connectivity index (χ3n) is 2.61. The van der Waals surface area contributed by atoms with Crippen molar-refractivity contribution >= 4 is 7.85 Å². The van der Waals surface area contributed by atoms with Crippen molar-refractivity contribution in [3.63, 3.8) is 0 Å². The Balaban J connectivity index is 2.17. The van der Waals surface area contributed by atoms with E-state index in [4.69, 9.17) is 7.85 Å². The Morgan fingerprint density at radius 1 is 0.923 bits per heavy atom. The summed E-state index contributed by atoms with van der Waals surface area (Å²) >= 11 is 0. The summed E-state index contributed by atoms with van der Waals surface area (Å²) in [5.74, 6) is 0. The molecule has 2 rings (SSSR count). The highest BCUT2D eigenvalue weighted by atomic mass is 14.1. The van der Waals surface area contributed by atoms with Gasteiger partial charge in [-0.2, -0.15) is 0 Å². The molecule has 0 aromatic rings. The van der Waals surface area contributed by atoms with Gasteiger partial charge in [0.1, 0.15) is 7.85 Å². The van der Waals surface area contributed by atoms with Crippen molar-refractivity contribution < 1.29 is 0 Å². The summed E-state index contributed by atoms with van der Waals surface area (Å²) in [7, 11) is 5.71. The molecule has 0 nitrogen and oxygen atoms in total. The lowest BCUT2D eigenvalue weighted by atomic mass is 9.82. The lowest BCUT2D eigenvalue weighted by Gasteiger charge is -2.16. The molecule has 0 heterocycles. The zero-order valence-electron chi connectivity index (χ0n) is 7.79. The van der Waals surface area contributed by atoms with Crippen molar-refractivity contribution in [3.05, 3.63) is 47.0 Å². The van der Waals surface area contributed by atoms with E-state index < -0.39 is 0 Å². The summed E-state index contributed by atoms with van der Waals surface area (Å²) in [6.07, 6.45) is 15.3. The van der Waals surface area contributed by atoms with E-state index >= 15 is 0 Å². The van der Waals surface area contributed by atoms with Crippen molar-refractivity contribution in [2.24, 2.45) is 0 Å². The topological polar surface area (TPSA) is 0 Å². The molecule has 0 amide bonds. The van der Waals surface area contributed by atoms with Crippen molar-refractivity contribution in [1.82, 2.24) is 0 Å². The molecule has 0 aromatic carbocycles. The van der Waals surface area contributed by atoms with E-state index in [1.165, 1.54) is 24.0 Å². The molecule has 0 unspecified atom stereocenters. The van der Waals surface area contributed by atoms with E-state index in [1.54, 1.807) is 0 Å². The second-order valence-electron chi connectivity index (χ2n) is 3.59. The zero-order valence-corrected chi connectivity index (χ0v) is 7.79. The Kier molecular flexibility index (Phi) is 2.53. The summed E-state index contributed by atoms with van der Waals surface area (Å²) in [5.41, 5.74) is 3.97. The molecule has 1 heteroatoms. The summed E-state index contributed by atoms with van der Waals surface area (Å²) in [6, 6.07) is 0. The lowest BCUT2D eigenvalue weighted by molar-refractivity contribution is 0.891. The third-order valence-corrected chi connectivity index (χ3v) is 2.61. The Morgan fingerprint density at radius 2 is 1.77 bits per heavy atom. The van der Waals surface area contributed by atoms with Crippen LogP contribution in [0.5, 0.6) is 0 Å². The van der Waals surface area contributed by atoms with Gasteiger partial charge >= 0.3 is 0 Å². The Bertz CT molecular complexity index is 316. The molecule has 0 saturated carbocycles. The second kappa shape index (κ2) is 3.82. The van der Waals surface area contributed by atoms with Crippen LogP contribution in [-0.2, 0) is 0 Å². The molecule has 2 aliphatic carbocycles. The molecule has 2 aliphatic rings. The zero-order chi connectivity index (χ0) is 9.10. The second-order valence-corrected chi connectivity index (χ2v) is 3.59. The van der Waals surface area contributed by atoms with Crippen LogP contribution in [0.15, 0.2) is 47.0 Å². The first-order chi connectivity index (χ1) is 6.36. The van der Waals surface area contributed by atoms with Crippen molar-refractivity contribution in [3.8, 4) is 0 Å². The quantitative estimate of drug-likeness (QED) is 0.528. The number of hydrogen-bond acceptors (Lipinski definition) is 0. The lowest BCUT2D eigenvalue weighted by Crippen LogP contribution is -1.98. The average molecular weight is 168 g/mol. The standard InChI is InChI=1S/C12H13B/c13-12-8-6-11(7-9-12)10-4-2-1-3-5-10/h1-2,4,6,8H,3,5,7,9H2. The number of allylic oxidation sites excluding steroid dienone is 8. The molecule has 0 aliphatic heterocycles. The Morgan fingerprint density at radius 3 is 2.38 bits per heavy atom. The fourth-order valence-electron chi connectivity index (χ4n) is 1.79. The van der Waals surface area contributed by atoms with Gasteiger partial charge in [-0.25, -0.2) is 0 Å². The van der Waals surface area contributed by atoms with Crippen LogP contribution >= 0.6 is 0 Å². The van der Waals surface area contributed by atoms with Crippen LogP contribution in [0.25, 0.3) is 0 Å². The summed E-state index contributed by atoms with van der Waals surface area (Å²) in [4.78, 5) is 0. The normalized spacial score (nSPS) is 22.0. The van der Waals surface area contributed by atoms with Crippen LogP contribution < -0.4 is 0 Å². The van der Waals surface area contributed by atoms with E-state index in [-0.39, 0.29) is 0 Å². The van der Waals surface area contributed by atoms with Gasteiger partial charge in [0.05, 0.1) is 0 Å². The van der Waals surface area contributed by atoms with Crippen LogP contribution in [0.2, 0.25) is 0 Å². The number of hydrogen-bond donors (Lipinski definition) is 0. The first kappa shape index (κ1) is 8.62. The predicted molar refractivity (Wildman–Crippen MR) is 57.6 cm³/mol. The van der Waals surface area contributed by atoms with E-state index in [1.807, 2.05) is 6.08 Å². The van der Waals surface area contributed by atoms with Crippen molar-refractivity contribution in [2.45, 2.75) is 25.7 Å². The minimum absolute atomic E-state index is 1.01. The van der Waals surface area contributed by atoms with Crippen molar-refractivity contribution in [2.75, 3.05) is 0 Å². The molecule has 2 radical (unpaired) electrons. The molecular formula is C12H13B. The Labute approximate surface area is 81.1 Å². The molecule has 0 aromatic heterocycles. The van der Waals surface area contributed by atoms with Crippen molar-refractivity contribution in [1.29, 1.82) is 0 Å². The molecule has 0 fully saturated rings. The molecule has 64 valence electrons. The third kappa shape index (κ3) is 2.03. The van der Waals surface area contributed by atoms with E-state index in [9.17, 15) is 0 Å². The van der Waals surface area contributed by atoms with Gasteiger partial charge in [0.15, 0.2) is 0 Å². The molecular weight excluding hydrogens is 155 g/mol. The van der Waals surface area contributed by atoms with Gasteiger partial charge in [-0.05, 0) is 36.8 Å². The first-order valence-corrected chi connectivity index (χ1v) is 4.87. The van der Waals surface area contributed by atoms with Gasteiger partial charge < -0.3 is 0 Å². The minimum Gasteiger partial charge on any atom is -0.117 e. The van der Waals surface area contributed by atoms with E-state index in [2.05, 4.69) is 24.3 Å². The summed E-state index contributed by atoms with van der Waals surface area (Å²) in [5, 5.41) is 0. The van der Waals surface area contributed by atoms with Crippen LogP contribution in [0, 0.1) is 0 Å². The van der Waals surface area contributed by atoms with Crippen LogP contribution in [-0.4, -0.2) is 7.85 Å². The minimum atomic E-state index is 1.01. The number of rotatable bonds is 1. The SMILES string of the molecule is [B]C1=CC=C(C2=CC=CCC2)CC1. The van der Waals surface area contributed by atoms with Crippen LogP contribution in [0.4, 0.5) is 0 Å². The van der Waals surface area contributed by atoms with Crippen LogP contribution in [0.3, 0.4) is 0 Å². The summed E-state index contributed by atoms with van der Waals surface area (Å²) in [6.45, 7) is 0. The highest BCUT2D eigenvalue weighted by Crippen LogP contribution is 2.27. The highest BCUT2D eigenvalue weighted by Gasteiger charge is 2.08. The molecule has 0 N–H and O–H groups in total. The predicted octanol–water partition coefficient (Wildman–Crippen LogP) is 3.04. The molecule has 0 bridgehead atoms. The summed E-state index contributed by atoms with van der Waals surface area (Å²) < 4.78 is 0. The Hall–Kier alpha value is -0.975. The van der Waals surface area contributed by atoms with E-state index in [0.29, 0.717) is 0 Å². The highest BCUT2D eigenvalue weighted by molar-refractivity contribution is 6.21. The van der Waals surface area contributed by atoms with Crippen LogP contribution in [0.1, 0.15) is 25.7 Å². The average Bonchev–Trinajstić information content (AvgIpc) is 2.20. The van der Waals surface area contributed by atoms with Gasteiger partial charge in [0.2, 0.25) is 0 Å². The van der Waals surface area contributed by atoms with Gasteiger partial charge in [-0.1, -0.05) is 30.4 Å². The maximum Gasteiger partial charge on any atom is 0.107 e. The molecule has 0 atom stereocenters. The smallest absolute Gasteiger partial charge is 0.107 e. The molecule has 0 spiro atoms. The maximum atomic E-state index is 5.71. The largest absolute Gasteiger partial charge is 0.117 e. The van der Waals surface area contributed by atoms with Gasteiger partial charge in [-0.15, -0.1) is 5.47 Å². The van der Waals surface area contributed by atoms with E-state index in [0.717, 1.165) is 18.3 Å². The van der Waals surface area contributed by atoms with Gasteiger partial charge in [-0.3, -0.25) is 0 Å². The fourth-order valence-corrected chi connectivity index (χ4v) is 1.79. The fraction of sp³-hybridized carbons (Fsp3) is 0.333. The van der Waals surface area contributed by atoms with Gasteiger partial charge in [0, 0.05) is 0 Å². The van der Waals surface area contributed by atoms with Gasteiger partial charge in [0.25, 0.3) is 0 Å².